The topological polar surface area (TPSA) is 92.5 Å². The van der Waals surface area contributed by atoms with Gasteiger partial charge in [-0.25, -0.2) is 0 Å². The van der Waals surface area contributed by atoms with Crippen LogP contribution in [0.25, 0.3) is 0 Å². The second-order valence-corrected chi connectivity index (χ2v) is 4.67. The Morgan fingerprint density at radius 2 is 2.15 bits per heavy atom. The number of hydrogen-bond donors (Lipinski definition) is 2. The van der Waals surface area contributed by atoms with Crippen LogP contribution in [-0.2, 0) is 4.79 Å². The van der Waals surface area contributed by atoms with Crippen LogP contribution in [0.2, 0.25) is 0 Å². The van der Waals surface area contributed by atoms with E-state index in [4.69, 9.17) is 0 Å². The Morgan fingerprint density at radius 1 is 1.45 bits per heavy atom. The number of unbranched alkanes of at least 4 members (excludes halogenated alkanes) is 1. The third kappa shape index (κ3) is 3.94. The first kappa shape index (κ1) is 15.9. The molecule has 6 nitrogen and oxygen atoms in total. The predicted molar refractivity (Wildman–Crippen MR) is 76.7 cm³/mol. The highest BCUT2D eigenvalue weighted by Crippen LogP contribution is 2.33. The molecule has 0 aliphatic heterocycles. The van der Waals surface area contributed by atoms with E-state index in [0.29, 0.717) is 6.42 Å². The Labute approximate surface area is 118 Å². The van der Waals surface area contributed by atoms with Gasteiger partial charge in [-0.3, -0.25) is 14.9 Å². The summed E-state index contributed by atoms with van der Waals surface area (Å²) in [5.74, 6) is -0.780. The molecule has 0 fully saturated rings. The molecule has 6 heteroatoms. The number of nitro benzene ring substituents is 1. The Balaban J connectivity index is 2.92. The summed E-state index contributed by atoms with van der Waals surface area (Å²) in [4.78, 5) is 22.4. The molecule has 0 aliphatic carbocycles. The summed E-state index contributed by atoms with van der Waals surface area (Å²) >= 11 is 0. The largest absolute Gasteiger partial charge is 0.505 e. The van der Waals surface area contributed by atoms with Crippen molar-refractivity contribution in [1.82, 2.24) is 0 Å². The van der Waals surface area contributed by atoms with Gasteiger partial charge >= 0.3 is 0 Å². The first-order valence-electron chi connectivity index (χ1n) is 6.78. The lowest BCUT2D eigenvalue weighted by Gasteiger charge is -2.15. The maximum absolute atomic E-state index is 12.1. The van der Waals surface area contributed by atoms with Gasteiger partial charge < -0.3 is 10.4 Å². The lowest BCUT2D eigenvalue weighted by Crippen LogP contribution is -2.22. The molecule has 1 amide bonds. The minimum absolute atomic E-state index is 0.127. The Bertz CT molecular complexity index is 488. The second kappa shape index (κ2) is 7.47. The van der Waals surface area contributed by atoms with Crippen molar-refractivity contribution in [3.8, 4) is 5.75 Å². The molecule has 110 valence electrons. The average molecular weight is 280 g/mol. The molecule has 1 rings (SSSR count). The second-order valence-electron chi connectivity index (χ2n) is 4.67. The fourth-order valence-corrected chi connectivity index (χ4v) is 2.00. The van der Waals surface area contributed by atoms with Crippen LogP contribution in [-0.4, -0.2) is 15.9 Å². The number of carbonyl (C=O) groups excluding carboxylic acids is 1. The minimum Gasteiger partial charge on any atom is -0.505 e. The van der Waals surface area contributed by atoms with E-state index in [1.165, 1.54) is 18.2 Å². The summed E-state index contributed by atoms with van der Waals surface area (Å²) in [6, 6.07) is 3.94. The number of nitrogens with one attached hydrogen (secondary N) is 1. The van der Waals surface area contributed by atoms with E-state index in [0.717, 1.165) is 19.3 Å². The Morgan fingerprint density at radius 3 is 2.70 bits per heavy atom. The number of amides is 1. The van der Waals surface area contributed by atoms with Gasteiger partial charge in [0.15, 0.2) is 5.69 Å². The third-order valence-electron chi connectivity index (χ3n) is 3.24. The fourth-order valence-electron chi connectivity index (χ4n) is 2.00. The van der Waals surface area contributed by atoms with E-state index >= 15 is 0 Å². The maximum Gasteiger partial charge on any atom is 0.296 e. The van der Waals surface area contributed by atoms with Crippen LogP contribution in [0, 0.1) is 16.0 Å². The first-order valence-corrected chi connectivity index (χ1v) is 6.78. The van der Waals surface area contributed by atoms with Gasteiger partial charge in [0.2, 0.25) is 5.91 Å². The van der Waals surface area contributed by atoms with Gasteiger partial charge in [0, 0.05) is 12.0 Å². The van der Waals surface area contributed by atoms with E-state index in [-0.39, 0.29) is 28.9 Å². The molecular formula is C14H20N2O4. The van der Waals surface area contributed by atoms with Crippen LogP contribution in [0.5, 0.6) is 5.75 Å². The quantitative estimate of drug-likeness (QED) is 0.454. The summed E-state index contributed by atoms with van der Waals surface area (Å²) < 4.78 is 0. The summed E-state index contributed by atoms with van der Waals surface area (Å²) in [5, 5.41) is 23.1. The highest BCUT2D eigenvalue weighted by atomic mass is 16.6. The van der Waals surface area contributed by atoms with Crippen LogP contribution in [0.15, 0.2) is 18.2 Å². The van der Waals surface area contributed by atoms with Crippen LogP contribution in [0.3, 0.4) is 0 Å². The zero-order chi connectivity index (χ0) is 15.1. The zero-order valence-corrected chi connectivity index (χ0v) is 11.8. The molecule has 0 heterocycles. The number of para-hydroxylation sites is 1. The molecule has 0 saturated heterocycles. The van der Waals surface area contributed by atoms with Crippen molar-refractivity contribution in [2.45, 2.75) is 39.5 Å². The Hall–Kier alpha value is -2.11. The van der Waals surface area contributed by atoms with Gasteiger partial charge in [0.25, 0.3) is 5.69 Å². The van der Waals surface area contributed by atoms with Gasteiger partial charge in [-0.15, -0.1) is 0 Å². The zero-order valence-electron chi connectivity index (χ0n) is 11.8. The van der Waals surface area contributed by atoms with E-state index in [1.807, 2.05) is 13.8 Å². The van der Waals surface area contributed by atoms with Crippen molar-refractivity contribution >= 4 is 17.3 Å². The summed E-state index contributed by atoms with van der Waals surface area (Å²) in [6.07, 6.45) is 3.31. The maximum atomic E-state index is 12.1. The summed E-state index contributed by atoms with van der Waals surface area (Å²) in [6.45, 7) is 3.94. The van der Waals surface area contributed by atoms with Crippen molar-refractivity contribution < 1.29 is 14.8 Å². The first-order chi connectivity index (χ1) is 9.51. The number of carbonyl (C=O) groups is 1. The number of nitrogens with zero attached hydrogens (tertiary/aromatic N) is 1. The number of phenolic OH excluding ortho intramolecular Hbond substituents is 1. The molecule has 0 bridgehead atoms. The molecule has 1 aromatic carbocycles. The van der Waals surface area contributed by atoms with Gasteiger partial charge in [0.1, 0.15) is 5.75 Å². The molecule has 0 aliphatic rings. The molecular weight excluding hydrogens is 260 g/mol. The minimum atomic E-state index is -0.623. The molecule has 0 spiro atoms. The highest BCUT2D eigenvalue weighted by molar-refractivity contribution is 5.96. The van der Waals surface area contributed by atoms with Crippen LogP contribution in [0.4, 0.5) is 11.4 Å². The molecule has 20 heavy (non-hydrogen) atoms. The molecule has 0 radical (unpaired) electrons. The predicted octanol–water partition coefficient (Wildman–Crippen LogP) is 3.46. The number of hydrogen-bond acceptors (Lipinski definition) is 4. The number of anilines is 1. The van der Waals surface area contributed by atoms with E-state index in [1.54, 1.807) is 0 Å². The molecule has 0 aromatic heterocycles. The normalized spacial score (nSPS) is 11.9. The molecule has 2 N–H and O–H groups in total. The van der Waals surface area contributed by atoms with Crippen molar-refractivity contribution in [2.75, 3.05) is 5.32 Å². The number of phenols is 1. The van der Waals surface area contributed by atoms with Gasteiger partial charge in [-0.05, 0) is 18.9 Å². The summed E-state index contributed by atoms with van der Waals surface area (Å²) in [7, 11) is 0. The van der Waals surface area contributed by atoms with Gasteiger partial charge in [-0.2, -0.15) is 0 Å². The van der Waals surface area contributed by atoms with Crippen LogP contribution in [0.1, 0.15) is 39.5 Å². The Kier molecular flexibility index (Phi) is 5.96. The summed E-state index contributed by atoms with van der Waals surface area (Å²) in [5.41, 5.74) is -0.429. The van der Waals surface area contributed by atoms with Gasteiger partial charge in [0.05, 0.1) is 4.92 Å². The van der Waals surface area contributed by atoms with Crippen molar-refractivity contribution in [2.24, 2.45) is 5.92 Å². The van der Waals surface area contributed by atoms with Gasteiger partial charge in [-0.1, -0.05) is 32.8 Å². The monoisotopic (exact) mass is 280 g/mol. The lowest BCUT2D eigenvalue weighted by molar-refractivity contribution is -0.384. The molecule has 1 atom stereocenters. The number of aromatic hydroxyl groups is 1. The van der Waals surface area contributed by atoms with E-state index < -0.39 is 4.92 Å². The van der Waals surface area contributed by atoms with Crippen LogP contribution < -0.4 is 5.32 Å². The number of nitro groups is 1. The molecule has 1 unspecified atom stereocenters. The molecule has 0 saturated carbocycles. The van der Waals surface area contributed by atoms with Crippen molar-refractivity contribution in [3.63, 3.8) is 0 Å². The smallest absolute Gasteiger partial charge is 0.296 e. The van der Waals surface area contributed by atoms with E-state index in [9.17, 15) is 20.0 Å². The van der Waals surface area contributed by atoms with Crippen molar-refractivity contribution in [3.05, 3.63) is 28.3 Å². The van der Waals surface area contributed by atoms with Crippen molar-refractivity contribution in [1.29, 1.82) is 0 Å². The number of rotatable bonds is 7. The highest BCUT2D eigenvalue weighted by Gasteiger charge is 2.23. The standard InChI is InChI=1S/C14H20N2O4/c1-3-5-7-10(4-2)14(18)15-13-11(16(19)20)8-6-9-12(13)17/h6,8-10,17H,3-5,7H2,1-2H3,(H,15,18). The average Bonchev–Trinajstić information content (AvgIpc) is 2.41. The number of benzene rings is 1. The SMILES string of the molecule is CCCCC(CC)C(=O)Nc1c(O)cccc1[N+](=O)[O-]. The van der Waals surface area contributed by atoms with E-state index in [2.05, 4.69) is 5.32 Å². The fraction of sp³-hybridized carbons (Fsp3) is 0.500. The third-order valence-corrected chi connectivity index (χ3v) is 3.24. The molecule has 1 aromatic rings. The lowest BCUT2D eigenvalue weighted by atomic mass is 9.98. The van der Waals surface area contributed by atoms with Crippen LogP contribution >= 0.6 is 0 Å².